The number of unbranched alkanes of at least 4 members (excludes halogenated alkanes) is 1. The Bertz CT molecular complexity index is 168. The summed E-state index contributed by atoms with van der Waals surface area (Å²) < 4.78 is 0. The number of rotatable bonds is 6. The van der Waals surface area contributed by atoms with Gasteiger partial charge in [0, 0.05) is 5.92 Å². The molecule has 0 aliphatic carbocycles. The van der Waals surface area contributed by atoms with Crippen LogP contribution in [0.5, 0.6) is 0 Å². The smallest absolute Gasteiger partial charge is 0.351 e. The normalized spacial score (nSPS) is 17.8. The molecule has 4 N–H and O–H groups in total. The van der Waals surface area contributed by atoms with Crippen molar-refractivity contribution < 1.29 is 15.0 Å². The SMILES string of the molecule is CCCCC(CC)C(N)(O)C(=O)O. The Morgan fingerprint density at radius 3 is 2.38 bits per heavy atom. The minimum absolute atomic E-state index is 0.357. The lowest BCUT2D eigenvalue weighted by Gasteiger charge is -2.27. The summed E-state index contributed by atoms with van der Waals surface area (Å²) in [5.41, 5.74) is 3.25. The van der Waals surface area contributed by atoms with E-state index >= 15 is 0 Å². The Kier molecular flexibility index (Phi) is 4.95. The quantitative estimate of drug-likeness (QED) is 0.543. The van der Waals surface area contributed by atoms with Crippen LogP contribution in [0.15, 0.2) is 0 Å². The van der Waals surface area contributed by atoms with Gasteiger partial charge in [-0.2, -0.15) is 0 Å². The summed E-state index contributed by atoms with van der Waals surface area (Å²) in [7, 11) is 0. The number of carbonyl (C=O) groups is 1. The van der Waals surface area contributed by atoms with Crippen molar-refractivity contribution in [2.45, 2.75) is 45.3 Å². The van der Waals surface area contributed by atoms with E-state index in [9.17, 15) is 9.90 Å². The topological polar surface area (TPSA) is 83.5 Å². The van der Waals surface area contributed by atoms with Crippen molar-refractivity contribution >= 4 is 5.97 Å². The molecule has 0 bridgehead atoms. The van der Waals surface area contributed by atoms with Crippen LogP contribution >= 0.6 is 0 Å². The fourth-order valence-electron chi connectivity index (χ4n) is 1.36. The van der Waals surface area contributed by atoms with Gasteiger partial charge in [-0.15, -0.1) is 0 Å². The molecule has 2 unspecified atom stereocenters. The molecule has 0 aliphatic rings. The lowest BCUT2D eigenvalue weighted by atomic mass is 9.89. The van der Waals surface area contributed by atoms with Gasteiger partial charge in [-0.1, -0.05) is 26.7 Å². The molecule has 0 aromatic heterocycles. The van der Waals surface area contributed by atoms with Gasteiger partial charge in [0.2, 0.25) is 5.72 Å². The van der Waals surface area contributed by atoms with E-state index in [0.29, 0.717) is 12.8 Å². The predicted molar refractivity (Wildman–Crippen MR) is 50.1 cm³/mol. The second-order valence-electron chi connectivity index (χ2n) is 3.38. The van der Waals surface area contributed by atoms with Crippen LogP contribution in [-0.4, -0.2) is 21.9 Å². The van der Waals surface area contributed by atoms with Crippen LogP contribution < -0.4 is 5.73 Å². The number of aliphatic carboxylic acids is 1. The molecule has 0 aromatic carbocycles. The zero-order valence-electron chi connectivity index (χ0n) is 8.29. The van der Waals surface area contributed by atoms with Crippen LogP contribution in [0.2, 0.25) is 0 Å². The molecule has 0 rings (SSSR count). The monoisotopic (exact) mass is 189 g/mol. The van der Waals surface area contributed by atoms with E-state index in [-0.39, 0.29) is 5.92 Å². The molecule has 0 spiro atoms. The molecule has 2 atom stereocenters. The van der Waals surface area contributed by atoms with Crippen molar-refractivity contribution in [1.29, 1.82) is 0 Å². The van der Waals surface area contributed by atoms with Gasteiger partial charge < -0.3 is 10.2 Å². The van der Waals surface area contributed by atoms with Crippen LogP contribution in [-0.2, 0) is 4.79 Å². The summed E-state index contributed by atoms with van der Waals surface area (Å²) >= 11 is 0. The molecule has 0 saturated heterocycles. The minimum Gasteiger partial charge on any atom is -0.478 e. The molecule has 4 heteroatoms. The number of nitrogens with two attached hydrogens (primary N) is 1. The lowest BCUT2D eigenvalue weighted by molar-refractivity contribution is -0.164. The second kappa shape index (κ2) is 5.19. The Labute approximate surface area is 78.7 Å². The molecule has 0 heterocycles. The summed E-state index contributed by atoms with van der Waals surface area (Å²) in [6, 6.07) is 0. The van der Waals surface area contributed by atoms with Gasteiger partial charge in [-0.25, -0.2) is 4.79 Å². The van der Waals surface area contributed by atoms with Crippen LogP contribution in [0.25, 0.3) is 0 Å². The number of carboxylic acid groups (broad SMARTS) is 1. The third-order valence-corrected chi connectivity index (χ3v) is 2.36. The van der Waals surface area contributed by atoms with Gasteiger partial charge in [0.05, 0.1) is 0 Å². The highest BCUT2D eigenvalue weighted by molar-refractivity contribution is 5.76. The number of hydrogen-bond acceptors (Lipinski definition) is 3. The van der Waals surface area contributed by atoms with E-state index < -0.39 is 11.7 Å². The predicted octanol–water partition coefficient (Wildman–Crippen LogP) is 0.935. The van der Waals surface area contributed by atoms with E-state index in [2.05, 4.69) is 0 Å². The van der Waals surface area contributed by atoms with Crippen LogP contribution in [0.1, 0.15) is 39.5 Å². The minimum atomic E-state index is -2.07. The largest absolute Gasteiger partial charge is 0.478 e. The fourth-order valence-corrected chi connectivity index (χ4v) is 1.36. The third kappa shape index (κ3) is 3.32. The fraction of sp³-hybridized carbons (Fsp3) is 0.889. The molecule has 4 nitrogen and oxygen atoms in total. The zero-order chi connectivity index (χ0) is 10.5. The molecular formula is C9H19NO3. The van der Waals surface area contributed by atoms with Crippen molar-refractivity contribution in [2.24, 2.45) is 11.7 Å². The van der Waals surface area contributed by atoms with Gasteiger partial charge in [0.15, 0.2) is 0 Å². The highest BCUT2D eigenvalue weighted by Gasteiger charge is 2.38. The van der Waals surface area contributed by atoms with Gasteiger partial charge in [0.1, 0.15) is 0 Å². The average Bonchev–Trinajstić information content (AvgIpc) is 2.05. The van der Waals surface area contributed by atoms with Gasteiger partial charge in [-0.05, 0) is 12.8 Å². The molecule has 0 fully saturated rings. The molecule has 0 radical (unpaired) electrons. The molecular weight excluding hydrogens is 170 g/mol. The first-order valence-corrected chi connectivity index (χ1v) is 4.71. The number of carboxylic acids is 1. The highest BCUT2D eigenvalue weighted by Crippen LogP contribution is 2.22. The number of hydrogen-bond donors (Lipinski definition) is 3. The Morgan fingerprint density at radius 1 is 1.54 bits per heavy atom. The zero-order valence-corrected chi connectivity index (χ0v) is 8.29. The third-order valence-electron chi connectivity index (χ3n) is 2.36. The highest BCUT2D eigenvalue weighted by atomic mass is 16.4. The summed E-state index contributed by atoms with van der Waals surface area (Å²) in [5.74, 6) is -1.69. The summed E-state index contributed by atoms with van der Waals surface area (Å²) in [6.45, 7) is 3.85. The first-order valence-electron chi connectivity index (χ1n) is 4.71. The maximum absolute atomic E-state index is 10.6. The molecule has 0 saturated carbocycles. The van der Waals surface area contributed by atoms with E-state index in [4.69, 9.17) is 10.8 Å². The molecule has 0 aliphatic heterocycles. The van der Waals surface area contributed by atoms with E-state index in [1.165, 1.54) is 0 Å². The molecule has 0 amide bonds. The maximum atomic E-state index is 10.6. The van der Waals surface area contributed by atoms with Crippen LogP contribution in [0.4, 0.5) is 0 Å². The first-order chi connectivity index (χ1) is 5.96. The van der Waals surface area contributed by atoms with Gasteiger partial charge >= 0.3 is 5.97 Å². The number of aliphatic hydroxyl groups is 1. The van der Waals surface area contributed by atoms with Gasteiger partial charge in [0.25, 0.3) is 0 Å². The lowest BCUT2D eigenvalue weighted by Crippen LogP contribution is -2.54. The van der Waals surface area contributed by atoms with E-state index in [0.717, 1.165) is 12.8 Å². The van der Waals surface area contributed by atoms with Crippen molar-refractivity contribution in [2.75, 3.05) is 0 Å². The summed E-state index contributed by atoms with van der Waals surface area (Å²) in [5, 5.41) is 18.1. The van der Waals surface area contributed by atoms with Crippen molar-refractivity contribution in [1.82, 2.24) is 0 Å². The molecule has 13 heavy (non-hydrogen) atoms. The second-order valence-corrected chi connectivity index (χ2v) is 3.38. The Balaban J connectivity index is 4.28. The van der Waals surface area contributed by atoms with E-state index in [1.807, 2.05) is 13.8 Å². The molecule has 0 aromatic rings. The average molecular weight is 189 g/mol. The van der Waals surface area contributed by atoms with Crippen LogP contribution in [0.3, 0.4) is 0 Å². The molecule has 78 valence electrons. The van der Waals surface area contributed by atoms with Crippen molar-refractivity contribution in [3.63, 3.8) is 0 Å². The van der Waals surface area contributed by atoms with E-state index in [1.54, 1.807) is 0 Å². The van der Waals surface area contributed by atoms with Crippen molar-refractivity contribution in [3.8, 4) is 0 Å². The Hall–Kier alpha value is -0.610. The first kappa shape index (κ1) is 12.4. The summed E-state index contributed by atoms with van der Waals surface area (Å²) in [6.07, 6.45) is 3.11. The standard InChI is InChI=1S/C9H19NO3/c1-3-5-6-7(4-2)9(10,13)8(11)12/h7,13H,3-6,10H2,1-2H3,(H,11,12). The maximum Gasteiger partial charge on any atom is 0.351 e. The van der Waals surface area contributed by atoms with Crippen molar-refractivity contribution in [3.05, 3.63) is 0 Å². The summed E-state index contributed by atoms with van der Waals surface area (Å²) in [4.78, 5) is 10.6. The van der Waals surface area contributed by atoms with Gasteiger partial charge in [-0.3, -0.25) is 5.73 Å². The Morgan fingerprint density at radius 2 is 2.08 bits per heavy atom. The van der Waals surface area contributed by atoms with Crippen LogP contribution in [0, 0.1) is 5.92 Å².